The van der Waals surface area contributed by atoms with E-state index < -0.39 is 5.60 Å². The molecule has 0 radical (unpaired) electrons. The van der Waals surface area contributed by atoms with E-state index in [1.54, 1.807) is 0 Å². The molecule has 0 aliphatic heterocycles. The Hall–Kier alpha value is -1.52. The molecule has 1 heterocycles. The highest BCUT2D eigenvalue weighted by Gasteiger charge is 2.39. The standard InChI is InChI=1S/C20H35N3O2/c1-15(2)20(10-7-8-11-20)22-18(24)25-19(4,5)12-9-16(3)17-13-21-23(6)14-17/h13-16H,7-12H2,1-6H3,(H,22,24). The van der Waals surface area contributed by atoms with Crippen molar-refractivity contribution in [3.63, 3.8) is 0 Å². The van der Waals surface area contributed by atoms with E-state index in [9.17, 15) is 4.79 Å². The second kappa shape index (κ2) is 7.79. The molecule has 1 saturated carbocycles. The third-order valence-electron chi connectivity index (χ3n) is 5.79. The quantitative estimate of drug-likeness (QED) is 0.771. The summed E-state index contributed by atoms with van der Waals surface area (Å²) in [6.45, 7) is 10.6. The van der Waals surface area contributed by atoms with Crippen LogP contribution in [0.4, 0.5) is 4.79 Å². The van der Waals surface area contributed by atoms with Crippen molar-refractivity contribution in [3.05, 3.63) is 18.0 Å². The highest BCUT2D eigenvalue weighted by atomic mass is 16.6. The summed E-state index contributed by atoms with van der Waals surface area (Å²) in [6.07, 6.45) is 9.96. The van der Waals surface area contributed by atoms with Gasteiger partial charge in [0, 0.05) is 18.8 Å². The van der Waals surface area contributed by atoms with Crippen molar-refractivity contribution in [2.75, 3.05) is 0 Å². The second-order valence-corrected chi connectivity index (χ2v) is 8.68. The van der Waals surface area contributed by atoms with Gasteiger partial charge in [-0.2, -0.15) is 5.10 Å². The van der Waals surface area contributed by atoms with E-state index >= 15 is 0 Å². The van der Waals surface area contributed by atoms with Crippen LogP contribution in [0.2, 0.25) is 0 Å². The zero-order valence-corrected chi connectivity index (χ0v) is 16.8. The smallest absolute Gasteiger partial charge is 0.408 e. The van der Waals surface area contributed by atoms with E-state index in [0.29, 0.717) is 11.8 Å². The maximum absolute atomic E-state index is 12.5. The Labute approximate surface area is 152 Å². The molecule has 2 rings (SSSR count). The summed E-state index contributed by atoms with van der Waals surface area (Å²) in [4.78, 5) is 12.5. The highest BCUT2D eigenvalue weighted by Crippen LogP contribution is 2.36. The van der Waals surface area contributed by atoms with Crippen molar-refractivity contribution in [2.45, 2.75) is 90.2 Å². The van der Waals surface area contributed by atoms with Crippen LogP contribution in [0.5, 0.6) is 0 Å². The van der Waals surface area contributed by atoms with E-state index in [1.165, 1.54) is 18.4 Å². The molecular weight excluding hydrogens is 314 g/mol. The molecule has 0 aromatic carbocycles. The summed E-state index contributed by atoms with van der Waals surface area (Å²) in [5.41, 5.74) is 0.667. The first-order valence-electron chi connectivity index (χ1n) is 9.63. The fraction of sp³-hybridized carbons (Fsp3) is 0.800. The fourth-order valence-corrected chi connectivity index (χ4v) is 3.81. The summed E-state index contributed by atoms with van der Waals surface area (Å²) in [7, 11) is 1.93. The van der Waals surface area contributed by atoms with Gasteiger partial charge in [0.2, 0.25) is 0 Å². The van der Waals surface area contributed by atoms with Crippen LogP contribution in [0.15, 0.2) is 12.4 Å². The number of amides is 1. The first-order valence-corrected chi connectivity index (χ1v) is 9.63. The van der Waals surface area contributed by atoms with Crippen LogP contribution in [0.25, 0.3) is 0 Å². The summed E-state index contributed by atoms with van der Waals surface area (Å²) < 4.78 is 7.62. The average molecular weight is 350 g/mol. The van der Waals surface area contributed by atoms with Crippen molar-refractivity contribution < 1.29 is 9.53 Å². The van der Waals surface area contributed by atoms with E-state index in [2.05, 4.69) is 37.4 Å². The molecule has 1 unspecified atom stereocenters. The number of carbonyl (C=O) groups excluding carboxylic acids is 1. The van der Waals surface area contributed by atoms with E-state index in [1.807, 2.05) is 31.8 Å². The zero-order valence-electron chi connectivity index (χ0n) is 16.8. The van der Waals surface area contributed by atoms with Gasteiger partial charge in [0.15, 0.2) is 0 Å². The third kappa shape index (κ3) is 5.23. The molecular formula is C20H35N3O2. The lowest BCUT2D eigenvalue weighted by atomic mass is 9.85. The zero-order chi connectivity index (χ0) is 18.7. The molecule has 1 aliphatic rings. The van der Waals surface area contributed by atoms with Gasteiger partial charge in [-0.15, -0.1) is 0 Å². The molecule has 1 aromatic heterocycles. The van der Waals surface area contributed by atoms with Gasteiger partial charge in [-0.3, -0.25) is 4.68 Å². The predicted octanol–water partition coefficient (Wildman–Crippen LogP) is 4.78. The minimum Gasteiger partial charge on any atom is -0.444 e. The number of aryl methyl sites for hydroxylation is 1. The largest absolute Gasteiger partial charge is 0.444 e. The number of nitrogens with zero attached hydrogens (tertiary/aromatic N) is 2. The van der Waals surface area contributed by atoms with Crippen molar-refractivity contribution in [1.82, 2.24) is 15.1 Å². The van der Waals surface area contributed by atoms with Gasteiger partial charge < -0.3 is 10.1 Å². The van der Waals surface area contributed by atoms with Gasteiger partial charge in [0.05, 0.1) is 6.20 Å². The number of aromatic nitrogens is 2. The van der Waals surface area contributed by atoms with Crippen LogP contribution in [0, 0.1) is 5.92 Å². The number of hydrogen-bond acceptors (Lipinski definition) is 3. The van der Waals surface area contributed by atoms with Crippen molar-refractivity contribution >= 4 is 6.09 Å². The van der Waals surface area contributed by atoms with Gasteiger partial charge in [0.25, 0.3) is 0 Å². The molecule has 25 heavy (non-hydrogen) atoms. The van der Waals surface area contributed by atoms with E-state index in [-0.39, 0.29) is 11.6 Å². The molecule has 1 fully saturated rings. The van der Waals surface area contributed by atoms with Crippen LogP contribution in [-0.4, -0.2) is 27.0 Å². The average Bonchev–Trinajstić information content (AvgIpc) is 3.14. The lowest BCUT2D eigenvalue weighted by Crippen LogP contribution is -2.51. The Morgan fingerprint density at radius 3 is 2.52 bits per heavy atom. The monoisotopic (exact) mass is 349 g/mol. The Bertz CT molecular complexity index is 571. The lowest BCUT2D eigenvalue weighted by molar-refractivity contribution is 0.0219. The molecule has 5 nitrogen and oxygen atoms in total. The third-order valence-corrected chi connectivity index (χ3v) is 5.79. The lowest BCUT2D eigenvalue weighted by Gasteiger charge is -2.36. The normalized spacial score (nSPS) is 18.4. The molecule has 1 N–H and O–H groups in total. The maximum atomic E-state index is 12.5. The van der Waals surface area contributed by atoms with Crippen LogP contribution in [0.3, 0.4) is 0 Å². The van der Waals surface area contributed by atoms with Crippen LogP contribution in [0.1, 0.15) is 84.6 Å². The number of alkyl carbamates (subject to hydrolysis) is 1. The van der Waals surface area contributed by atoms with Gasteiger partial charge in [-0.1, -0.05) is 33.6 Å². The Kier molecular flexibility index (Phi) is 6.17. The molecule has 1 aliphatic carbocycles. The van der Waals surface area contributed by atoms with Gasteiger partial charge in [0.1, 0.15) is 5.60 Å². The SMILES string of the molecule is CC(CCC(C)(C)OC(=O)NC1(C(C)C)CCCC1)c1cnn(C)c1. The molecule has 142 valence electrons. The Morgan fingerprint density at radius 2 is 2.00 bits per heavy atom. The summed E-state index contributed by atoms with van der Waals surface area (Å²) in [5.74, 6) is 0.827. The Balaban J connectivity index is 1.86. The van der Waals surface area contributed by atoms with Crippen molar-refractivity contribution in [3.8, 4) is 0 Å². The van der Waals surface area contributed by atoms with Gasteiger partial charge in [-0.25, -0.2) is 4.79 Å². The fourth-order valence-electron chi connectivity index (χ4n) is 3.81. The first-order chi connectivity index (χ1) is 11.6. The van der Waals surface area contributed by atoms with Crippen LogP contribution < -0.4 is 5.32 Å². The second-order valence-electron chi connectivity index (χ2n) is 8.68. The van der Waals surface area contributed by atoms with E-state index in [4.69, 9.17) is 4.74 Å². The molecule has 0 spiro atoms. The number of ether oxygens (including phenoxy) is 1. The molecule has 1 amide bonds. The maximum Gasteiger partial charge on any atom is 0.408 e. The predicted molar refractivity (Wildman–Crippen MR) is 101 cm³/mol. The number of rotatable bonds is 7. The summed E-state index contributed by atoms with van der Waals surface area (Å²) >= 11 is 0. The van der Waals surface area contributed by atoms with Crippen molar-refractivity contribution in [2.24, 2.45) is 13.0 Å². The minimum absolute atomic E-state index is 0.0871. The van der Waals surface area contributed by atoms with Crippen LogP contribution in [-0.2, 0) is 11.8 Å². The topological polar surface area (TPSA) is 56.1 Å². The summed E-state index contributed by atoms with van der Waals surface area (Å²) in [6, 6.07) is 0. The first kappa shape index (κ1) is 19.8. The van der Waals surface area contributed by atoms with Crippen LogP contribution >= 0.6 is 0 Å². The molecule has 0 saturated heterocycles. The summed E-state index contributed by atoms with van der Waals surface area (Å²) in [5, 5.41) is 7.43. The van der Waals surface area contributed by atoms with Gasteiger partial charge >= 0.3 is 6.09 Å². The number of hydrogen-bond donors (Lipinski definition) is 1. The highest BCUT2D eigenvalue weighted by molar-refractivity contribution is 5.69. The van der Waals surface area contributed by atoms with E-state index in [0.717, 1.165) is 25.7 Å². The molecule has 1 atom stereocenters. The number of nitrogens with one attached hydrogen (secondary N) is 1. The minimum atomic E-state index is -0.475. The molecule has 0 bridgehead atoms. The van der Waals surface area contributed by atoms with Crippen molar-refractivity contribution in [1.29, 1.82) is 0 Å². The van der Waals surface area contributed by atoms with Gasteiger partial charge in [-0.05, 0) is 56.9 Å². The Morgan fingerprint density at radius 1 is 1.36 bits per heavy atom. The number of carbonyl (C=O) groups is 1. The molecule has 1 aromatic rings. The molecule has 5 heteroatoms.